The minimum absolute atomic E-state index is 0.0520. The molecule has 1 saturated carbocycles. The molecule has 0 unspecified atom stereocenters. The Hall–Kier alpha value is -1.39. The second-order valence-corrected chi connectivity index (χ2v) is 8.71. The number of rotatable bonds is 2. The predicted molar refractivity (Wildman–Crippen MR) is 100 cm³/mol. The van der Waals surface area contributed by atoms with Crippen LogP contribution in [0.15, 0.2) is 12.1 Å². The van der Waals surface area contributed by atoms with E-state index >= 15 is 0 Å². The lowest BCUT2D eigenvalue weighted by atomic mass is 9.63. The number of fused-ring (bicyclic) bond motifs is 6. The first kappa shape index (κ1) is 17.0. The van der Waals surface area contributed by atoms with Crippen molar-refractivity contribution in [3.05, 3.63) is 33.6 Å². The standard InChI is InChI=1S/C19H21Cl2N3O/c1-5-22-16(25)19-7-6-18(4,17(19,2)3)14-15(19)24-13-9-11(21)10(20)8-12(13)23-14/h8-9H,5-7H2,1-4H3,(H,22,25)/t18-,19+/m0/s1. The highest BCUT2D eigenvalue weighted by Crippen LogP contribution is 2.70. The van der Waals surface area contributed by atoms with Crippen molar-refractivity contribution in [2.24, 2.45) is 5.41 Å². The molecule has 0 aliphatic heterocycles. The fraction of sp³-hybridized carbons (Fsp3) is 0.526. The van der Waals surface area contributed by atoms with Crippen LogP contribution in [0.4, 0.5) is 0 Å². The van der Waals surface area contributed by atoms with E-state index in [0.717, 1.165) is 29.7 Å². The molecule has 1 amide bonds. The molecule has 4 rings (SSSR count). The van der Waals surface area contributed by atoms with Crippen molar-refractivity contribution in [3.63, 3.8) is 0 Å². The smallest absolute Gasteiger partial charge is 0.232 e. The molecule has 6 heteroatoms. The van der Waals surface area contributed by atoms with Crippen LogP contribution in [0.3, 0.4) is 0 Å². The van der Waals surface area contributed by atoms with Crippen LogP contribution in [0.2, 0.25) is 10.0 Å². The minimum atomic E-state index is -0.652. The van der Waals surface area contributed by atoms with E-state index in [9.17, 15) is 4.79 Å². The van der Waals surface area contributed by atoms with Gasteiger partial charge in [-0.1, -0.05) is 44.0 Å². The molecule has 1 heterocycles. The summed E-state index contributed by atoms with van der Waals surface area (Å²) in [6.07, 6.45) is 1.71. The van der Waals surface area contributed by atoms with Crippen molar-refractivity contribution in [1.82, 2.24) is 15.3 Å². The highest BCUT2D eigenvalue weighted by atomic mass is 35.5. The molecule has 2 bridgehead atoms. The van der Waals surface area contributed by atoms with E-state index in [1.165, 1.54) is 0 Å². The third-order valence-corrected chi connectivity index (χ3v) is 7.53. The van der Waals surface area contributed by atoms with E-state index in [0.29, 0.717) is 22.1 Å². The van der Waals surface area contributed by atoms with Gasteiger partial charge in [-0.3, -0.25) is 4.79 Å². The molecule has 2 aromatic rings. The summed E-state index contributed by atoms with van der Waals surface area (Å²) in [7, 11) is 0. The Kier molecular flexibility index (Phi) is 3.46. The van der Waals surface area contributed by atoms with Gasteiger partial charge in [-0.15, -0.1) is 0 Å². The number of nitrogens with one attached hydrogen (secondary N) is 1. The van der Waals surface area contributed by atoms with E-state index in [1.807, 2.05) is 6.92 Å². The van der Waals surface area contributed by atoms with E-state index in [2.05, 4.69) is 26.1 Å². The maximum atomic E-state index is 13.2. The van der Waals surface area contributed by atoms with Crippen molar-refractivity contribution in [3.8, 4) is 0 Å². The first-order valence-electron chi connectivity index (χ1n) is 8.65. The molecule has 0 spiro atoms. The van der Waals surface area contributed by atoms with E-state index in [1.54, 1.807) is 12.1 Å². The van der Waals surface area contributed by atoms with Gasteiger partial charge in [0.05, 0.1) is 37.9 Å². The van der Waals surface area contributed by atoms with Crippen molar-refractivity contribution in [1.29, 1.82) is 0 Å². The van der Waals surface area contributed by atoms with Crippen LogP contribution in [0.1, 0.15) is 51.9 Å². The molecule has 2 aliphatic carbocycles. The van der Waals surface area contributed by atoms with Gasteiger partial charge in [0.1, 0.15) is 0 Å². The topological polar surface area (TPSA) is 54.9 Å². The van der Waals surface area contributed by atoms with E-state index < -0.39 is 5.41 Å². The zero-order valence-electron chi connectivity index (χ0n) is 14.8. The number of carbonyl (C=O) groups is 1. The van der Waals surface area contributed by atoms with Gasteiger partial charge in [-0.05, 0) is 37.3 Å². The van der Waals surface area contributed by atoms with Crippen LogP contribution in [-0.4, -0.2) is 22.4 Å². The number of amides is 1. The lowest BCUT2D eigenvalue weighted by Crippen LogP contribution is -2.51. The van der Waals surface area contributed by atoms with Gasteiger partial charge in [0.2, 0.25) is 5.91 Å². The lowest BCUT2D eigenvalue weighted by molar-refractivity contribution is -0.130. The average Bonchev–Trinajstić information content (AvgIpc) is 2.84. The van der Waals surface area contributed by atoms with Crippen molar-refractivity contribution < 1.29 is 4.79 Å². The van der Waals surface area contributed by atoms with E-state index in [4.69, 9.17) is 33.2 Å². The SMILES string of the molecule is CCNC(=O)[C@@]12CC[C@@](C)(c3nc4cc(Cl)c(Cl)cc4nc31)C2(C)C. The third-order valence-electron chi connectivity index (χ3n) is 6.80. The number of hydrogen-bond acceptors (Lipinski definition) is 3. The summed E-state index contributed by atoms with van der Waals surface area (Å²) in [4.78, 5) is 23.0. The number of nitrogens with zero attached hydrogens (tertiary/aromatic N) is 2. The number of halogens is 2. The van der Waals surface area contributed by atoms with Gasteiger partial charge in [0, 0.05) is 12.0 Å². The average molecular weight is 378 g/mol. The monoisotopic (exact) mass is 377 g/mol. The molecule has 1 fully saturated rings. The second kappa shape index (κ2) is 5.08. The van der Waals surface area contributed by atoms with Crippen LogP contribution < -0.4 is 5.32 Å². The molecule has 132 valence electrons. The lowest BCUT2D eigenvalue weighted by Gasteiger charge is -2.39. The molecule has 4 nitrogen and oxygen atoms in total. The Morgan fingerprint density at radius 1 is 1.08 bits per heavy atom. The summed E-state index contributed by atoms with van der Waals surface area (Å²) in [5, 5.41) is 3.95. The predicted octanol–water partition coefficient (Wildman–Crippen LogP) is 4.40. The highest BCUT2D eigenvalue weighted by molar-refractivity contribution is 6.42. The van der Waals surface area contributed by atoms with Crippen molar-refractivity contribution in [2.45, 2.75) is 51.4 Å². The Morgan fingerprint density at radius 3 is 2.20 bits per heavy atom. The summed E-state index contributed by atoms with van der Waals surface area (Å²) >= 11 is 12.3. The maximum absolute atomic E-state index is 13.2. The molecule has 2 atom stereocenters. The van der Waals surface area contributed by atoms with Crippen molar-refractivity contribution in [2.75, 3.05) is 6.54 Å². The molecular formula is C19H21Cl2N3O. The molecule has 0 saturated heterocycles. The zero-order chi connectivity index (χ0) is 18.2. The third kappa shape index (κ3) is 1.82. The molecule has 25 heavy (non-hydrogen) atoms. The Bertz CT molecular complexity index is 927. The van der Waals surface area contributed by atoms with Crippen LogP contribution in [0.25, 0.3) is 11.0 Å². The largest absolute Gasteiger partial charge is 0.356 e. The summed E-state index contributed by atoms with van der Waals surface area (Å²) in [5.41, 5.74) is 2.03. The Balaban J connectivity index is 2.06. The summed E-state index contributed by atoms with van der Waals surface area (Å²) in [6.45, 7) is 9.09. The quantitative estimate of drug-likeness (QED) is 0.843. The number of benzene rings is 1. The molecule has 1 aromatic heterocycles. The molecule has 1 aromatic carbocycles. The second-order valence-electron chi connectivity index (χ2n) is 7.90. The number of carbonyl (C=O) groups excluding carboxylic acids is 1. The van der Waals surface area contributed by atoms with Crippen LogP contribution in [0.5, 0.6) is 0 Å². The number of likely N-dealkylation sites (N-methyl/N-ethyl adjacent to an activating group) is 1. The van der Waals surface area contributed by atoms with Gasteiger partial charge >= 0.3 is 0 Å². The van der Waals surface area contributed by atoms with Gasteiger partial charge in [0.15, 0.2) is 0 Å². The Labute approximate surface area is 157 Å². The summed E-state index contributed by atoms with van der Waals surface area (Å²) in [5.74, 6) is 0.0520. The maximum Gasteiger partial charge on any atom is 0.232 e. The van der Waals surface area contributed by atoms with Crippen LogP contribution in [0, 0.1) is 5.41 Å². The number of hydrogen-bond donors (Lipinski definition) is 1. The molecule has 2 aliphatic rings. The van der Waals surface area contributed by atoms with Crippen molar-refractivity contribution >= 4 is 40.1 Å². The fourth-order valence-corrected chi connectivity index (χ4v) is 5.23. The first-order valence-corrected chi connectivity index (χ1v) is 9.40. The minimum Gasteiger partial charge on any atom is -0.356 e. The van der Waals surface area contributed by atoms with Gasteiger partial charge in [0.25, 0.3) is 0 Å². The fourth-order valence-electron chi connectivity index (χ4n) is 4.91. The molecular weight excluding hydrogens is 357 g/mol. The van der Waals surface area contributed by atoms with Crippen LogP contribution in [-0.2, 0) is 15.6 Å². The van der Waals surface area contributed by atoms with Gasteiger partial charge in [-0.2, -0.15) is 0 Å². The first-order chi connectivity index (χ1) is 11.7. The Morgan fingerprint density at radius 2 is 1.64 bits per heavy atom. The summed E-state index contributed by atoms with van der Waals surface area (Å²) in [6, 6.07) is 3.49. The van der Waals surface area contributed by atoms with Gasteiger partial charge in [-0.25, -0.2) is 9.97 Å². The highest BCUT2D eigenvalue weighted by Gasteiger charge is 2.73. The van der Waals surface area contributed by atoms with Gasteiger partial charge < -0.3 is 5.32 Å². The molecule has 1 N–H and O–H groups in total. The van der Waals surface area contributed by atoms with E-state index in [-0.39, 0.29) is 16.7 Å². The normalized spacial score (nSPS) is 29.0. The molecule has 0 radical (unpaired) electrons. The summed E-state index contributed by atoms with van der Waals surface area (Å²) < 4.78 is 0. The zero-order valence-corrected chi connectivity index (χ0v) is 16.3. The van der Waals surface area contributed by atoms with Crippen LogP contribution >= 0.6 is 23.2 Å². The number of aromatic nitrogens is 2.